The molecule has 0 spiro atoms. The number of nitrogens with zero attached hydrogens (tertiary/aromatic N) is 5. The summed E-state index contributed by atoms with van der Waals surface area (Å²) in [7, 11) is 8.24. The van der Waals surface area contributed by atoms with E-state index >= 15 is 0 Å². The molecule has 0 unspecified atom stereocenters. The summed E-state index contributed by atoms with van der Waals surface area (Å²) >= 11 is 0. The van der Waals surface area contributed by atoms with Gasteiger partial charge in [0, 0.05) is 93.6 Å². The Balaban J connectivity index is 0.684. The number of carbonyl (C=O) groups is 8. The first-order valence-corrected chi connectivity index (χ1v) is 39.5. The lowest BCUT2D eigenvalue weighted by Gasteiger charge is -2.38. The van der Waals surface area contributed by atoms with Gasteiger partial charge >= 0.3 is 5.97 Å². The third kappa shape index (κ3) is 26.9. The summed E-state index contributed by atoms with van der Waals surface area (Å²) in [5.74, 6) is 1.56. The largest absolute Gasteiger partial charge is 0.497 e. The summed E-state index contributed by atoms with van der Waals surface area (Å²) in [6, 6.07) is 31.5. The van der Waals surface area contributed by atoms with Gasteiger partial charge in [0.2, 0.25) is 29.6 Å². The Morgan fingerprint density at radius 1 is 0.644 bits per heavy atom. The van der Waals surface area contributed by atoms with E-state index in [1.54, 1.807) is 78.8 Å². The number of carbonyl (C=O) groups excluding carboxylic acids is 8. The minimum Gasteiger partial charge on any atom is -0.497 e. The molecule has 4 N–H and O–H groups in total. The molecule has 1 saturated heterocycles. The van der Waals surface area contributed by atoms with Crippen molar-refractivity contribution >= 4 is 91.5 Å². The molecule has 3 heterocycles. The first kappa shape index (κ1) is 82.8. The van der Waals surface area contributed by atoms with Crippen molar-refractivity contribution in [2.75, 3.05) is 56.1 Å². The first-order chi connectivity index (χ1) is 50.3. The van der Waals surface area contributed by atoms with Crippen LogP contribution in [0.1, 0.15) is 221 Å². The van der Waals surface area contributed by atoms with Crippen LogP contribution in [-0.2, 0) is 55.2 Å². The molecular formula is C80H107N9O13S2. The number of nitrogens with one attached hydrogen (secondary N) is 4. The molecule has 0 saturated carbocycles. The molecular weight excluding hydrogens is 1360 g/mol. The Bertz CT molecular complexity index is 3720. The molecule has 0 radical (unpaired) electrons. The Morgan fingerprint density at radius 2 is 1.18 bits per heavy atom. The van der Waals surface area contributed by atoms with Crippen molar-refractivity contribution in [2.45, 2.75) is 219 Å². The Morgan fingerprint density at radius 3 is 1.73 bits per heavy atom. The van der Waals surface area contributed by atoms with E-state index in [1.165, 1.54) is 76.4 Å². The monoisotopic (exact) mass is 1470 g/mol. The first-order valence-electron chi connectivity index (χ1n) is 37.0. The topological polar surface area (TPSA) is 288 Å². The maximum Gasteiger partial charge on any atom is 0.306 e. The highest BCUT2D eigenvalue weighted by Gasteiger charge is 2.43. The van der Waals surface area contributed by atoms with Crippen LogP contribution in [0, 0.1) is 5.92 Å². The molecule has 1 aliphatic rings. The summed E-state index contributed by atoms with van der Waals surface area (Å²) in [6.45, 7) is 7.08. The van der Waals surface area contributed by atoms with Crippen LogP contribution in [0.2, 0.25) is 0 Å². The molecule has 562 valence electrons. The number of ketones is 2. The Hall–Kier alpha value is -8.48. The van der Waals surface area contributed by atoms with Crippen LogP contribution in [0.25, 0.3) is 11.2 Å². The van der Waals surface area contributed by atoms with Gasteiger partial charge in [0.1, 0.15) is 34.8 Å². The number of rotatable bonds is 48. The van der Waals surface area contributed by atoms with Gasteiger partial charge in [-0.05, 0) is 104 Å². The van der Waals surface area contributed by atoms with E-state index in [2.05, 4.69) is 35.9 Å². The van der Waals surface area contributed by atoms with Gasteiger partial charge in [0.05, 0.1) is 58.3 Å². The number of hydrogen-bond donors (Lipinski definition) is 4. The SMILES string of the molecule is CNC(=O)CCC(=O)O[C@@H]1C[C@@H](COC(c2ccccc2)(c2ccc(OC)cc2)c2ccc(OC)cc2)N(C(=O)CCCSSCCCC(=O)CCCCCCCCCCCCCCCCC(=O)CC[C@@H](C)NC(=O)c2ccc(N(Cc3cnc4nc(NC(=O)C(C)C)[nH]c(=O)c4n3)C(C)=O)cc2)C1. The van der Waals surface area contributed by atoms with Crippen LogP contribution >= 0.6 is 21.6 Å². The third-order valence-electron chi connectivity index (χ3n) is 18.7. The molecule has 6 aromatic rings. The number of amides is 5. The third-order valence-corrected chi connectivity index (χ3v) is 21.2. The van der Waals surface area contributed by atoms with Crippen molar-refractivity contribution in [2.24, 2.45) is 5.92 Å². The Kier molecular flexibility index (Phi) is 35.3. The number of aromatic nitrogens is 4. The molecule has 1 fully saturated rings. The predicted molar refractivity (Wildman–Crippen MR) is 410 cm³/mol. The zero-order chi connectivity index (χ0) is 74.6. The summed E-state index contributed by atoms with van der Waals surface area (Å²) in [5.41, 5.74) is 2.17. The lowest BCUT2D eigenvalue weighted by molar-refractivity contribution is -0.150. The maximum absolute atomic E-state index is 14.2. The van der Waals surface area contributed by atoms with Crippen LogP contribution in [0.4, 0.5) is 11.6 Å². The number of methoxy groups -OCH3 is 2. The van der Waals surface area contributed by atoms with Crippen molar-refractivity contribution in [3.8, 4) is 11.5 Å². The predicted octanol–water partition coefficient (Wildman–Crippen LogP) is 14.1. The second kappa shape index (κ2) is 44.4. The highest BCUT2D eigenvalue weighted by atomic mass is 33.1. The number of anilines is 2. The highest BCUT2D eigenvalue weighted by molar-refractivity contribution is 8.76. The van der Waals surface area contributed by atoms with Crippen LogP contribution in [0.15, 0.2) is 114 Å². The van der Waals surface area contributed by atoms with E-state index in [9.17, 15) is 43.2 Å². The standard InChI is InChI=1S/C80H107N9O13S2/c1-56(2)76(96)86-79-85-75-74(78(98)87-79)84-63(52-82-75)53-88(58(4)90)64-40-34-59(35-41-64)77(97)83-57(3)33-42-67(92)30-24-19-17-15-13-11-9-8-10-12-14-16-18-23-29-66(91)31-25-49-103-104-50-26-32-72(94)89-54-70(102-73(95)48-47-71(93)81-5)51-65(89)55-101-80(60-27-21-20-22-28-60,61-36-43-68(99-6)44-37-61)62-38-45-69(100-7)46-39-62/h20-22,27-28,34-41,43-46,52,56-57,65,70H,8-19,23-26,29-33,42,47-51,53-55H2,1-7H3,(H,81,93)(H,83,97)(H2,82,85,86,87,96,98)/t57-,65+,70-/m1/s1. The summed E-state index contributed by atoms with van der Waals surface area (Å²) in [4.78, 5) is 134. The van der Waals surface area contributed by atoms with Gasteiger partial charge in [-0.1, -0.05) is 167 Å². The van der Waals surface area contributed by atoms with Gasteiger partial charge < -0.3 is 39.4 Å². The second-order valence-electron chi connectivity index (χ2n) is 27.1. The van der Waals surface area contributed by atoms with Crippen molar-refractivity contribution in [1.29, 1.82) is 0 Å². The molecule has 0 bridgehead atoms. The second-order valence-corrected chi connectivity index (χ2v) is 29.8. The molecule has 104 heavy (non-hydrogen) atoms. The average molecular weight is 1470 g/mol. The zero-order valence-corrected chi connectivity index (χ0v) is 63.4. The summed E-state index contributed by atoms with van der Waals surface area (Å²) < 4.78 is 24.2. The number of benzene rings is 4. The van der Waals surface area contributed by atoms with Gasteiger partial charge in [-0.15, -0.1) is 0 Å². The number of esters is 1. The van der Waals surface area contributed by atoms with E-state index in [0.717, 1.165) is 73.1 Å². The van der Waals surface area contributed by atoms with Gasteiger partial charge in [-0.3, -0.25) is 53.5 Å². The molecule has 5 amide bonds. The van der Waals surface area contributed by atoms with E-state index in [1.807, 2.05) is 85.8 Å². The lowest BCUT2D eigenvalue weighted by Crippen LogP contribution is -2.42. The fourth-order valence-electron chi connectivity index (χ4n) is 12.6. The van der Waals surface area contributed by atoms with E-state index in [-0.39, 0.29) is 96.9 Å². The number of likely N-dealkylation sites (tertiary alicyclic amines) is 1. The normalized spacial score (nSPS) is 13.9. The summed E-state index contributed by atoms with van der Waals surface area (Å²) in [6.07, 6.45) is 21.8. The van der Waals surface area contributed by atoms with Crippen molar-refractivity contribution in [3.63, 3.8) is 0 Å². The van der Waals surface area contributed by atoms with Crippen LogP contribution < -0.4 is 35.9 Å². The number of H-pyrrole nitrogens is 1. The fourth-order valence-corrected chi connectivity index (χ4v) is 14.8. The number of aromatic amines is 1. The quantitative estimate of drug-likeness (QED) is 0.0119. The smallest absolute Gasteiger partial charge is 0.306 e. The molecule has 1 aliphatic heterocycles. The molecule has 7 rings (SSSR count). The number of ether oxygens (including phenoxy) is 4. The number of fused-ring (bicyclic) bond motifs is 1. The van der Waals surface area contributed by atoms with Gasteiger partial charge in [0.15, 0.2) is 11.2 Å². The van der Waals surface area contributed by atoms with Gasteiger partial charge in [-0.25, -0.2) is 9.97 Å². The van der Waals surface area contributed by atoms with Gasteiger partial charge in [-0.2, -0.15) is 4.98 Å². The zero-order valence-electron chi connectivity index (χ0n) is 61.8. The highest BCUT2D eigenvalue weighted by Crippen LogP contribution is 2.43. The van der Waals surface area contributed by atoms with Crippen molar-refractivity contribution in [3.05, 3.63) is 148 Å². The number of unbranched alkanes of at least 4 members (excludes halogenated alkanes) is 13. The molecule has 24 heteroatoms. The minimum atomic E-state index is -1.11. The molecule has 4 aromatic carbocycles. The summed E-state index contributed by atoms with van der Waals surface area (Å²) in [5, 5.41) is 8.07. The van der Waals surface area contributed by atoms with Crippen LogP contribution in [-0.4, -0.2) is 136 Å². The molecule has 3 atom stereocenters. The van der Waals surface area contributed by atoms with E-state index in [4.69, 9.17) is 18.9 Å². The van der Waals surface area contributed by atoms with Gasteiger partial charge in [0.25, 0.3) is 11.5 Å². The Labute approximate surface area is 620 Å². The average Bonchev–Trinajstić information content (AvgIpc) is 0.885. The van der Waals surface area contributed by atoms with Crippen molar-refractivity contribution in [1.82, 2.24) is 35.5 Å². The molecule has 0 aliphatic carbocycles. The van der Waals surface area contributed by atoms with E-state index < -0.39 is 29.3 Å². The van der Waals surface area contributed by atoms with Crippen molar-refractivity contribution < 1.29 is 57.3 Å². The van der Waals surface area contributed by atoms with E-state index in [0.29, 0.717) is 85.6 Å². The number of Topliss-reactive ketones (excluding diaryl/α,β-unsaturated/α-hetero) is 2. The maximum atomic E-state index is 14.2. The molecule has 22 nitrogen and oxygen atoms in total. The lowest BCUT2D eigenvalue weighted by atomic mass is 9.80. The molecule has 2 aromatic heterocycles. The minimum absolute atomic E-state index is 0.00318. The van der Waals surface area contributed by atoms with Crippen LogP contribution in [0.3, 0.4) is 0 Å². The fraction of sp³-hybridized carbons (Fsp3) is 0.525. The van der Waals surface area contributed by atoms with Crippen LogP contribution in [0.5, 0.6) is 11.5 Å². The number of hydrogen-bond acceptors (Lipinski definition) is 18.